The summed E-state index contributed by atoms with van der Waals surface area (Å²) in [6, 6.07) is 2.70. The highest BCUT2D eigenvalue weighted by Gasteiger charge is 2.29. The summed E-state index contributed by atoms with van der Waals surface area (Å²) in [5, 5.41) is 3.47. The molecule has 1 N–H and O–H groups in total. The summed E-state index contributed by atoms with van der Waals surface area (Å²) < 4.78 is 32.8. The molecule has 0 saturated heterocycles. The van der Waals surface area contributed by atoms with E-state index in [2.05, 4.69) is 19.2 Å². The third kappa shape index (κ3) is 2.23. The number of hydrogen-bond acceptors (Lipinski definition) is 2. The molecule has 1 aromatic carbocycles. The molecule has 5 heteroatoms. The molecule has 108 valence electrons. The third-order valence-electron chi connectivity index (χ3n) is 3.66. The summed E-state index contributed by atoms with van der Waals surface area (Å²) in [4.78, 5) is 0. The van der Waals surface area contributed by atoms with E-state index >= 15 is 0 Å². The molecule has 0 unspecified atom stereocenters. The van der Waals surface area contributed by atoms with Crippen LogP contribution in [0.2, 0.25) is 0 Å². The number of nitrogens with one attached hydrogen (secondary N) is 1. The fourth-order valence-corrected chi connectivity index (χ4v) is 2.68. The second kappa shape index (κ2) is 5.19. The van der Waals surface area contributed by atoms with E-state index in [9.17, 15) is 8.78 Å². The summed E-state index contributed by atoms with van der Waals surface area (Å²) in [5.41, 5.74) is 1.90. The van der Waals surface area contributed by atoms with Crippen LogP contribution in [0.5, 0.6) is 0 Å². The van der Waals surface area contributed by atoms with Crippen LogP contribution in [0.25, 0.3) is 16.5 Å². The molecule has 0 aliphatic carbocycles. The smallest absolute Gasteiger partial charge is 0.169 e. The van der Waals surface area contributed by atoms with Crippen LogP contribution in [0, 0.1) is 17.0 Å². The van der Waals surface area contributed by atoms with Gasteiger partial charge in [0, 0.05) is 24.1 Å². The van der Waals surface area contributed by atoms with Crippen molar-refractivity contribution in [3.8, 4) is 0 Å². The van der Waals surface area contributed by atoms with Gasteiger partial charge in [-0.1, -0.05) is 19.9 Å². The summed E-state index contributed by atoms with van der Waals surface area (Å²) in [7, 11) is 0. The van der Waals surface area contributed by atoms with E-state index < -0.39 is 11.6 Å². The number of benzene rings is 1. The summed E-state index contributed by atoms with van der Waals surface area (Å²) in [6.07, 6.45) is 3.41. The molecule has 1 aliphatic heterocycles. The second-order valence-electron chi connectivity index (χ2n) is 5.52. The molecule has 1 aliphatic rings. The largest absolute Gasteiger partial charge is 0.464 e. The van der Waals surface area contributed by atoms with Crippen molar-refractivity contribution in [3.05, 3.63) is 41.7 Å². The topological polar surface area (TPSA) is 25.2 Å². The van der Waals surface area contributed by atoms with Gasteiger partial charge in [0.2, 0.25) is 0 Å². The van der Waals surface area contributed by atoms with E-state index in [0.717, 1.165) is 18.7 Å². The number of rotatable bonds is 1. The minimum atomic E-state index is -0.847. The molecule has 20 heavy (non-hydrogen) atoms. The molecule has 0 radical (unpaired) electrons. The molecule has 0 atom stereocenters. The number of fused-ring (bicyclic) bond motifs is 1. The average molecular weight is 300 g/mol. The molecule has 0 amide bonds. The Hall–Kier alpha value is -1.39. The SMILES string of the molecule is CC1(C)CNCC=C1c1cc(F)c(F)c2ccoc12.Cl. The van der Waals surface area contributed by atoms with E-state index in [-0.39, 0.29) is 23.2 Å². The molecular formula is C15H16ClF2NO. The molecule has 1 aromatic heterocycles. The van der Waals surface area contributed by atoms with E-state index in [1.165, 1.54) is 18.4 Å². The molecule has 0 fully saturated rings. The lowest BCUT2D eigenvalue weighted by Gasteiger charge is -2.32. The molecule has 0 spiro atoms. The summed E-state index contributed by atoms with van der Waals surface area (Å²) in [6.45, 7) is 5.65. The van der Waals surface area contributed by atoms with Crippen LogP contribution >= 0.6 is 12.4 Å². The fraction of sp³-hybridized carbons (Fsp3) is 0.333. The minimum absolute atomic E-state index is 0. The highest BCUT2D eigenvalue weighted by molar-refractivity contribution is 5.91. The Labute approximate surface area is 122 Å². The summed E-state index contributed by atoms with van der Waals surface area (Å²) in [5.74, 6) is -1.68. The monoisotopic (exact) mass is 299 g/mol. The van der Waals surface area contributed by atoms with Crippen molar-refractivity contribution < 1.29 is 13.2 Å². The Balaban J connectivity index is 0.00000147. The first kappa shape index (κ1) is 15.0. The van der Waals surface area contributed by atoms with E-state index in [1.54, 1.807) is 0 Å². The van der Waals surface area contributed by atoms with Crippen LogP contribution in [0.1, 0.15) is 19.4 Å². The quantitative estimate of drug-likeness (QED) is 0.856. The predicted molar refractivity (Wildman–Crippen MR) is 78.0 cm³/mol. The maximum atomic E-state index is 13.7. The summed E-state index contributed by atoms with van der Waals surface area (Å²) >= 11 is 0. The molecular weight excluding hydrogens is 284 g/mol. The Morgan fingerprint density at radius 1 is 1.30 bits per heavy atom. The van der Waals surface area contributed by atoms with E-state index in [4.69, 9.17) is 4.42 Å². The van der Waals surface area contributed by atoms with Crippen LogP contribution in [0.15, 0.2) is 28.9 Å². The standard InChI is InChI=1S/C15H15F2NO.ClH/c1-15(2)8-18-5-3-11(15)10-7-12(16)13(17)9-4-6-19-14(9)10;/h3-4,6-7,18H,5,8H2,1-2H3;1H. The lowest BCUT2D eigenvalue weighted by atomic mass is 9.78. The third-order valence-corrected chi connectivity index (χ3v) is 3.66. The molecule has 2 heterocycles. The molecule has 2 nitrogen and oxygen atoms in total. The van der Waals surface area contributed by atoms with Gasteiger partial charge in [-0.2, -0.15) is 0 Å². The van der Waals surface area contributed by atoms with E-state index in [0.29, 0.717) is 11.1 Å². The Morgan fingerprint density at radius 2 is 2.05 bits per heavy atom. The van der Waals surface area contributed by atoms with Crippen molar-refractivity contribution in [3.63, 3.8) is 0 Å². The van der Waals surface area contributed by atoms with Crippen LogP contribution in [0.3, 0.4) is 0 Å². The van der Waals surface area contributed by atoms with Crippen LogP contribution in [-0.4, -0.2) is 13.1 Å². The van der Waals surface area contributed by atoms with Crippen LogP contribution < -0.4 is 5.32 Å². The van der Waals surface area contributed by atoms with Gasteiger partial charge in [-0.25, -0.2) is 8.78 Å². The lowest BCUT2D eigenvalue weighted by Crippen LogP contribution is -2.35. The van der Waals surface area contributed by atoms with Gasteiger partial charge < -0.3 is 9.73 Å². The molecule has 0 bridgehead atoms. The van der Waals surface area contributed by atoms with Crippen molar-refractivity contribution in [2.45, 2.75) is 13.8 Å². The van der Waals surface area contributed by atoms with Gasteiger partial charge in [0.15, 0.2) is 11.6 Å². The first-order chi connectivity index (χ1) is 9.00. The lowest BCUT2D eigenvalue weighted by molar-refractivity contribution is 0.444. The average Bonchev–Trinajstić information content (AvgIpc) is 2.83. The number of furan rings is 1. The molecule has 0 saturated carbocycles. The maximum absolute atomic E-state index is 13.7. The first-order valence-electron chi connectivity index (χ1n) is 6.27. The Morgan fingerprint density at radius 3 is 2.75 bits per heavy atom. The van der Waals surface area contributed by atoms with Gasteiger partial charge in [0.1, 0.15) is 5.58 Å². The van der Waals surface area contributed by atoms with Crippen molar-refractivity contribution in [2.75, 3.05) is 13.1 Å². The minimum Gasteiger partial charge on any atom is -0.464 e. The normalized spacial score (nSPS) is 17.7. The van der Waals surface area contributed by atoms with Crippen molar-refractivity contribution in [1.29, 1.82) is 0 Å². The highest BCUT2D eigenvalue weighted by atomic mass is 35.5. The zero-order valence-corrected chi connectivity index (χ0v) is 12.1. The van der Waals surface area contributed by atoms with Crippen LogP contribution in [0.4, 0.5) is 8.78 Å². The van der Waals surface area contributed by atoms with Crippen molar-refractivity contribution in [1.82, 2.24) is 5.32 Å². The highest BCUT2D eigenvalue weighted by Crippen LogP contribution is 2.40. The van der Waals surface area contributed by atoms with Gasteiger partial charge in [0.25, 0.3) is 0 Å². The molecule has 2 aromatic rings. The number of hydrogen-bond donors (Lipinski definition) is 1. The van der Waals surface area contributed by atoms with E-state index in [1.807, 2.05) is 6.08 Å². The number of halogens is 3. The van der Waals surface area contributed by atoms with Gasteiger partial charge in [-0.05, 0) is 17.7 Å². The van der Waals surface area contributed by atoms with Gasteiger partial charge in [-0.3, -0.25) is 0 Å². The van der Waals surface area contributed by atoms with Crippen molar-refractivity contribution in [2.24, 2.45) is 5.41 Å². The zero-order chi connectivity index (χ0) is 13.6. The van der Waals surface area contributed by atoms with Gasteiger partial charge in [0.05, 0.1) is 11.6 Å². The first-order valence-corrected chi connectivity index (χ1v) is 6.27. The Kier molecular flexibility index (Phi) is 3.89. The van der Waals surface area contributed by atoms with Crippen LogP contribution in [-0.2, 0) is 0 Å². The fourth-order valence-electron chi connectivity index (χ4n) is 2.68. The zero-order valence-electron chi connectivity index (χ0n) is 11.3. The van der Waals surface area contributed by atoms with Gasteiger partial charge in [-0.15, -0.1) is 12.4 Å². The second-order valence-corrected chi connectivity index (χ2v) is 5.52. The Bertz CT molecular complexity index is 676. The molecule has 3 rings (SSSR count). The van der Waals surface area contributed by atoms with Gasteiger partial charge >= 0.3 is 0 Å². The maximum Gasteiger partial charge on any atom is 0.169 e. The van der Waals surface area contributed by atoms with Crippen molar-refractivity contribution >= 4 is 28.9 Å². The predicted octanol–water partition coefficient (Wildman–Crippen LogP) is 4.15.